The zero-order valence-corrected chi connectivity index (χ0v) is 16.3. The maximum absolute atomic E-state index is 13.0. The number of amides is 1. The third kappa shape index (κ3) is 3.96. The minimum atomic E-state index is -3.85. The van der Waals surface area contributed by atoms with Crippen LogP contribution in [0, 0.1) is 6.92 Å². The average Bonchev–Trinajstić information content (AvgIpc) is 2.59. The van der Waals surface area contributed by atoms with Crippen molar-refractivity contribution in [1.29, 1.82) is 0 Å². The molecule has 25 heavy (non-hydrogen) atoms. The number of methoxy groups -OCH3 is 2. The molecule has 0 aliphatic carbocycles. The van der Waals surface area contributed by atoms with E-state index in [-0.39, 0.29) is 4.90 Å². The number of carbonyl (C=O) groups excluding carboxylic acids is 1. The van der Waals surface area contributed by atoms with Crippen LogP contribution in [0.15, 0.2) is 45.8 Å². The normalized spacial score (nSPS) is 12.3. The summed E-state index contributed by atoms with van der Waals surface area (Å²) in [6.45, 7) is 1.86. The zero-order valence-electron chi connectivity index (χ0n) is 13.9. The molecule has 134 valence electrons. The number of sulfone groups is 1. The van der Waals surface area contributed by atoms with E-state index in [1.165, 1.54) is 32.4 Å². The first-order valence-electron chi connectivity index (χ1n) is 7.26. The number of nitrogens with one attached hydrogen (secondary N) is 1. The summed E-state index contributed by atoms with van der Waals surface area (Å²) in [6.07, 6.45) is 0.362. The Kier molecular flexibility index (Phi) is 6.07. The van der Waals surface area contributed by atoms with Gasteiger partial charge in [-0.1, -0.05) is 17.7 Å². The maximum Gasteiger partial charge on any atom is 0.208 e. The van der Waals surface area contributed by atoms with E-state index in [0.29, 0.717) is 27.9 Å². The van der Waals surface area contributed by atoms with Crippen molar-refractivity contribution in [2.24, 2.45) is 0 Å². The van der Waals surface area contributed by atoms with Gasteiger partial charge in [-0.3, -0.25) is 4.79 Å². The Labute approximate surface area is 155 Å². The highest BCUT2D eigenvalue weighted by Crippen LogP contribution is 2.39. The minimum Gasteiger partial charge on any atom is -0.493 e. The molecule has 1 atom stereocenters. The van der Waals surface area contributed by atoms with Gasteiger partial charge in [0, 0.05) is 0 Å². The molecule has 2 aromatic rings. The van der Waals surface area contributed by atoms with Gasteiger partial charge in [0.05, 0.1) is 23.6 Å². The van der Waals surface area contributed by atoms with E-state index < -0.39 is 15.2 Å². The van der Waals surface area contributed by atoms with E-state index in [4.69, 9.17) is 9.47 Å². The maximum atomic E-state index is 13.0. The second kappa shape index (κ2) is 7.88. The average molecular weight is 428 g/mol. The molecule has 0 saturated heterocycles. The van der Waals surface area contributed by atoms with E-state index >= 15 is 0 Å². The first-order chi connectivity index (χ1) is 11.8. The molecule has 0 heterocycles. The second-order valence-corrected chi connectivity index (χ2v) is 8.15. The van der Waals surface area contributed by atoms with Crippen LogP contribution < -0.4 is 14.8 Å². The summed E-state index contributed by atoms with van der Waals surface area (Å²) < 4.78 is 37.0. The summed E-state index contributed by atoms with van der Waals surface area (Å²) in [4.78, 5) is 11.2. The molecule has 0 radical (unpaired) electrons. The largest absolute Gasteiger partial charge is 0.493 e. The third-order valence-electron chi connectivity index (χ3n) is 3.64. The Hall–Kier alpha value is -2.06. The van der Waals surface area contributed by atoms with Gasteiger partial charge in [0.1, 0.15) is 0 Å². The number of hydrogen-bond acceptors (Lipinski definition) is 5. The number of aryl methyl sites for hydroxylation is 1. The molecule has 0 bridgehead atoms. The summed E-state index contributed by atoms with van der Waals surface area (Å²) in [6, 6.07) is 9.54. The van der Waals surface area contributed by atoms with Crippen molar-refractivity contribution < 1.29 is 22.7 Å². The summed E-state index contributed by atoms with van der Waals surface area (Å²) in [5, 5.41) is 1.12. The third-order valence-corrected chi connectivity index (χ3v) is 6.18. The number of halogens is 1. The molecule has 0 aliphatic rings. The smallest absolute Gasteiger partial charge is 0.208 e. The standard InChI is InChI=1S/C17H18BrNO5S/c1-11-4-6-13(7-5-11)25(21,22)17(19-10-20)12-8-14(18)16(24-3)15(9-12)23-2/h4-10,17H,1-3H3,(H,19,20). The van der Waals surface area contributed by atoms with Crippen LogP contribution in [-0.2, 0) is 14.6 Å². The lowest BCUT2D eigenvalue weighted by Crippen LogP contribution is -2.28. The van der Waals surface area contributed by atoms with Crippen LogP contribution in [0.5, 0.6) is 11.5 Å². The molecule has 2 rings (SSSR count). The fraction of sp³-hybridized carbons (Fsp3) is 0.235. The van der Waals surface area contributed by atoms with Crippen LogP contribution in [0.25, 0.3) is 0 Å². The van der Waals surface area contributed by atoms with Gasteiger partial charge in [-0.05, 0) is 52.7 Å². The Morgan fingerprint density at radius 2 is 1.76 bits per heavy atom. The first kappa shape index (κ1) is 19.3. The molecular formula is C17H18BrNO5S. The lowest BCUT2D eigenvalue weighted by atomic mass is 10.2. The molecule has 0 aromatic heterocycles. The topological polar surface area (TPSA) is 81.7 Å². The van der Waals surface area contributed by atoms with Crippen molar-refractivity contribution >= 4 is 32.2 Å². The van der Waals surface area contributed by atoms with Crippen molar-refractivity contribution in [3.8, 4) is 11.5 Å². The van der Waals surface area contributed by atoms with Crippen LogP contribution in [0.3, 0.4) is 0 Å². The van der Waals surface area contributed by atoms with E-state index in [1.54, 1.807) is 18.2 Å². The summed E-state index contributed by atoms with van der Waals surface area (Å²) >= 11 is 3.33. The van der Waals surface area contributed by atoms with Crippen molar-refractivity contribution in [3.63, 3.8) is 0 Å². The van der Waals surface area contributed by atoms with Crippen LogP contribution in [0.4, 0.5) is 0 Å². The van der Waals surface area contributed by atoms with E-state index in [1.807, 2.05) is 6.92 Å². The van der Waals surface area contributed by atoms with Gasteiger partial charge in [-0.25, -0.2) is 8.42 Å². The molecule has 0 fully saturated rings. The first-order valence-corrected chi connectivity index (χ1v) is 9.60. The lowest BCUT2D eigenvalue weighted by molar-refractivity contribution is -0.109. The second-order valence-electron chi connectivity index (χ2n) is 5.26. The highest BCUT2D eigenvalue weighted by Gasteiger charge is 2.30. The SMILES string of the molecule is COc1cc(C(NC=O)S(=O)(=O)c2ccc(C)cc2)cc(Br)c1OC. The molecule has 2 aromatic carbocycles. The lowest BCUT2D eigenvalue weighted by Gasteiger charge is -2.20. The molecule has 6 nitrogen and oxygen atoms in total. The highest BCUT2D eigenvalue weighted by atomic mass is 79.9. The fourth-order valence-corrected chi connectivity index (χ4v) is 4.52. The molecular weight excluding hydrogens is 410 g/mol. The van der Waals surface area contributed by atoms with Gasteiger partial charge in [-0.15, -0.1) is 0 Å². The Balaban J connectivity index is 2.60. The predicted molar refractivity (Wildman–Crippen MR) is 97.6 cm³/mol. The Bertz CT molecular complexity index is 865. The highest BCUT2D eigenvalue weighted by molar-refractivity contribution is 9.10. The quantitative estimate of drug-likeness (QED) is 0.686. The fourth-order valence-electron chi connectivity index (χ4n) is 2.38. The summed E-state index contributed by atoms with van der Waals surface area (Å²) in [7, 11) is -0.926. The summed E-state index contributed by atoms with van der Waals surface area (Å²) in [5.41, 5.74) is 1.28. The van der Waals surface area contributed by atoms with Gasteiger partial charge in [0.2, 0.25) is 16.2 Å². The van der Waals surface area contributed by atoms with Crippen molar-refractivity contribution in [1.82, 2.24) is 5.32 Å². The molecule has 1 amide bonds. The van der Waals surface area contributed by atoms with Crippen molar-refractivity contribution in [3.05, 3.63) is 52.0 Å². The van der Waals surface area contributed by atoms with Gasteiger partial charge in [0.15, 0.2) is 16.9 Å². The minimum absolute atomic E-state index is 0.114. The number of carbonyl (C=O) groups is 1. The number of benzene rings is 2. The van der Waals surface area contributed by atoms with E-state index in [0.717, 1.165) is 5.56 Å². The molecule has 8 heteroatoms. The molecule has 0 saturated carbocycles. The van der Waals surface area contributed by atoms with Gasteiger partial charge >= 0.3 is 0 Å². The monoisotopic (exact) mass is 427 g/mol. The zero-order chi connectivity index (χ0) is 18.6. The number of ether oxygens (including phenoxy) is 2. The molecule has 0 spiro atoms. The number of rotatable bonds is 7. The Morgan fingerprint density at radius 1 is 1.12 bits per heavy atom. The molecule has 1 unspecified atom stereocenters. The van der Waals surface area contributed by atoms with Crippen LogP contribution in [-0.4, -0.2) is 29.0 Å². The van der Waals surface area contributed by atoms with Crippen molar-refractivity contribution in [2.45, 2.75) is 17.2 Å². The molecule has 0 aliphatic heterocycles. The van der Waals surface area contributed by atoms with Crippen LogP contribution >= 0.6 is 15.9 Å². The van der Waals surface area contributed by atoms with Gasteiger partial charge in [0.25, 0.3) is 0 Å². The Morgan fingerprint density at radius 3 is 2.28 bits per heavy atom. The summed E-state index contributed by atoms with van der Waals surface area (Å²) in [5.74, 6) is 0.785. The van der Waals surface area contributed by atoms with Crippen LogP contribution in [0.1, 0.15) is 16.5 Å². The molecule has 1 N–H and O–H groups in total. The van der Waals surface area contributed by atoms with E-state index in [2.05, 4.69) is 21.2 Å². The van der Waals surface area contributed by atoms with Gasteiger partial charge < -0.3 is 14.8 Å². The number of hydrogen-bond donors (Lipinski definition) is 1. The van der Waals surface area contributed by atoms with E-state index in [9.17, 15) is 13.2 Å². The predicted octanol–water partition coefficient (Wildman–Crippen LogP) is 2.99. The van der Waals surface area contributed by atoms with Crippen LogP contribution in [0.2, 0.25) is 0 Å². The van der Waals surface area contributed by atoms with Crippen molar-refractivity contribution in [2.75, 3.05) is 14.2 Å². The van der Waals surface area contributed by atoms with Gasteiger partial charge in [-0.2, -0.15) is 0 Å².